The smallest absolute Gasteiger partial charge is 0.250 e. The maximum atomic E-state index is 11.3. The number of morpholine rings is 1. The number of rotatable bonds is 3. The maximum Gasteiger partial charge on any atom is 0.250 e. The highest BCUT2D eigenvalue weighted by molar-refractivity contribution is 5.83. The number of hydrogen-bond donors (Lipinski definition) is 1. The third-order valence-corrected chi connectivity index (χ3v) is 3.03. The summed E-state index contributed by atoms with van der Waals surface area (Å²) in [7, 11) is 0. The number of amides is 1. The van der Waals surface area contributed by atoms with Crippen LogP contribution in [-0.4, -0.2) is 41.1 Å². The zero-order chi connectivity index (χ0) is 12.3. The van der Waals surface area contributed by atoms with Crippen LogP contribution in [-0.2, 0) is 16.1 Å². The van der Waals surface area contributed by atoms with Crippen LogP contribution >= 0.6 is 0 Å². The van der Waals surface area contributed by atoms with Crippen LogP contribution in [0.5, 0.6) is 0 Å². The lowest BCUT2D eigenvalue weighted by Crippen LogP contribution is -2.56. The molecule has 0 unspecified atom stereocenters. The Morgan fingerprint density at radius 1 is 1.59 bits per heavy atom. The van der Waals surface area contributed by atoms with E-state index < -0.39 is 11.5 Å². The first-order valence-electron chi connectivity index (χ1n) is 5.65. The van der Waals surface area contributed by atoms with Gasteiger partial charge in [-0.05, 0) is 24.6 Å². The highest BCUT2D eigenvalue weighted by Gasteiger charge is 2.37. The number of carbonyl (C=O) groups excluding carboxylic acids is 1. The molecule has 5 nitrogen and oxygen atoms in total. The van der Waals surface area contributed by atoms with Crippen molar-refractivity contribution in [2.24, 2.45) is 5.73 Å². The Morgan fingerprint density at radius 2 is 2.29 bits per heavy atom. The summed E-state index contributed by atoms with van der Waals surface area (Å²) in [6, 6.07) is 3.94. The quantitative estimate of drug-likeness (QED) is 0.810. The van der Waals surface area contributed by atoms with Crippen LogP contribution in [0.25, 0.3) is 0 Å². The molecule has 1 aromatic rings. The lowest BCUT2D eigenvalue weighted by Gasteiger charge is -2.38. The predicted octanol–water partition coefficient (Wildman–Crippen LogP) is 0.158. The van der Waals surface area contributed by atoms with Gasteiger partial charge in [-0.15, -0.1) is 0 Å². The third kappa shape index (κ3) is 2.81. The van der Waals surface area contributed by atoms with Crippen LogP contribution < -0.4 is 5.73 Å². The molecule has 1 fully saturated rings. The zero-order valence-electron chi connectivity index (χ0n) is 9.93. The summed E-state index contributed by atoms with van der Waals surface area (Å²) in [5, 5.41) is 0. The number of ether oxygens (including phenoxy) is 1. The van der Waals surface area contributed by atoms with Crippen LogP contribution in [0.1, 0.15) is 12.5 Å². The molecule has 2 rings (SSSR count). The molecular weight excluding hydrogens is 218 g/mol. The monoisotopic (exact) mass is 235 g/mol. The van der Waals surface area contributed by atoms with Gasteiger partial charge in [-0.25, -0.2) is 0 Å². The van der Waals surface area contributed by atoms with E-state index in [9.17, 15) is 4.79 Å². The van der Waals surface area contributed by atoms with E-state index in [1.807, 2.05) is 12.1 Å². The number of pyridine rings is 1. The van der Waals surface area contributed by atoms with Gasteiger partial charge in [0.15, 0.2) is 5.60 Å². The molecule has 5 heteroatoms. The number of hydrogen-bond acceptors (Lipinski definition) is 4. The largest absolute Gasteiger partial charge is 0.367 e. The van der Waals surface area contributed by atoms with Crippen molar-refractivity contribution in [3.05, 3.63) is 30.1 Å². The SMILES string of the molecule is C[C@]1(C(N)=O)CN(Cc2ccncc2)CCO1. The fourth-order valence-corrected chi connectivity index (χ4v) is 1.98. The molecule has 0 spiro atoms. The highest BCUT2D eigenvalue weighted by Crippen LogP contribution is 2.18. The van der Waals surface area contributed by atoms with Gasteiger partial charge in [-0.2, -0.15) is 0 Å². The van der Waals surface area contributed by atoms with E-state index in [-0.39, 0.29) is 0 Å². The minimum atomic E-state index is -0.870. The molecule has 2 heterocycles. The van der Waals surface area contributed by atoms with Gasteiger partial charge in [0, 0.05) is 32.0 Å². The molecule has 1 saturated heterocycles. The normalized spacial score (nSPS) is 25.7. The van der Waals surface area contributed by atoms with Crippen molar-refractivity contribution in [1.82, 2.24) is 9.88 Å². The van der Waals surface area contributed by atoms with Crippen molar-refractivity contribution in [1.29, 1.82) is 0 Å². The number of aromatic nitrogens is 1. The van der Waals surface area contributed by atoms with E-state index in [1.165, 1.54) is 5.56 Å². The van der Waals surface area contributed by atoms with E-state index in [4.69, 9.17) is 10.5 Å². The van der Waals surface area contributed by atoms with Gasteiger partial charge >= 0.3 is 0 Å². The number of carbonyl (C=O) groups is 1. The molecule has 0 aliphatic carbocycles. The van der Waals surface area contributed by atoms with E-state index in [0.717, 1.165) is 13.1 Å². The van der Waals surface area contributed by atoms with Gasteiger partial charge in [0.2, 0.25) is 0 Å². The summed E-state index contributed by atoms with van der Waals surface area (Å²) < 4.78 is 5.47. The van der Waals surface area contributed by atoms with Gasteiger partial charge in [-0.3, -0.25) is 14.7 Å². The number of nitrogens with zero attached hydrogens (tertiary/aromatic N) is 2. The Balaban J connectivity index is 2.01. The Morgan fingerprint density at radius 3 is 2.94 bits per heavy atom. The highest BCUT2D eigenvalue weighted by atomic mass is 16.5. The topological polar surface area (TPSA) is 68.5 Å². The van der Waals surface area contributed by atoms with Gasteiger partial charge in [0.1, 0.15) is 0 Å². The van der Waals surface area contributed by atoms with Crippen molar-refractivity contribution in [3.8, 4) is 0 Å². The van der Waals surface area contributed by atoms with Crippen molar-refractivity contribution in [2.45, 2.75) is 19.1 Å². The lowest BCUT2D eigenvalue weighted by molar-refractivity contribution is -0.153. The molecule has 1 aliphatic heterocycles. The molecule has 2 N–H and O–H groups in total. The van der Waals surface area contributed by atoms with Crippen LogP contribution in [0.4, 0.5) is 0 Å². The Bertz CT molecular complexity index is 396. The first kappa shape index (κ1) is 12.0. The van der Waals surface area contributed by atoms with Gasteiger partial charge in [0.25, 0.3) is 5.91 Å². The Hall–Kier alpha value is -1.46. The summed E-state index contributed by atoms with van der Waals surface area (Å²) in [6.07, 6.45) is 3.53. The Labute approximate surface area is 101 Å². The van der Waals surface area contributed by atoms with E-state index >= 15 is 0 Å². The second-order valence-corrected chi connectivity index (χ2v) is 4.51. The maximum absolute atomic E-state index is 11.3. The minimum Gasteiger partial charge on any atom is -0.367 e. The third-order valence-electron chi connectivity index (χ3n) is 3.03. The van der Waals surface area contributed by atoms with Crippen LogP contribution in [0.3, 0.4) is 0 Å². The molecule has 1 amide bonds. The zero-order valence-corrected chi connectivity index (χ0v) is 9.93. The van der Waals surface area contributed by atoms with Crippen molar-refractivity contribution in [2.75, 3.05) is 19.7 Å². The van der Waals surface area contributed by atoms with E-state index in [1.54, 1.807) is 19.3 Å². The second kappa shape index (κ2) is 4.81. The fourth-order valence-electron chi connectivity index (χ4n) is 1.98. The molecule has 0 aromatic carbocycles. The van der Waals surface area contributed by atoms with Crippen LogP contribution in [0.15, 0.2) is 24.5 Å². The van der Waals surface area contributed by atoms with Gasteiger partial charge in [0.05, 0.1) is 6.61 Å². The van der Waals surface area contributed by atoms with Crippen molar-refractivity contribution in [3.63, 3.8) is 0 Å². The van der Waals surface area contributed by atoms with Crippen LogP contribution in [0.2, 0.25) is 0 Å². The fraction of sp³-hybridized carbons (Fsp3) is 0.500. The Kier molecular flexibility index (Phi) is 3.40. The molecule has 1 aromatic heterocycles. The summed E-state index contributed by atoms with van der Waals surface area (Å²) >= 11 is 0. The molecule has 0 bridgehead atoms. The summed E-state index contributed by atoms with van der Waals surface area (Å²) in [5.41, 5.74) is 5.66. The minimum absolute atomic E-state index is 0.406. The van der Waals surface area contributed by atoms with E-state index in [2.05, 4.69) is 9.88 Å². The van der Waals surface area contributed by atoms with E-state index in [0.29, 0.717) is 13.2 Å². The van der Waals surface area contributed by atoms with Crippen molar-refractivity contribution < 1.29 is 9.53 Å². The summed E-state index contributed by atoms with van der Waals surface area (Å²) in [6.45, 7) is 4.41. The molecule has 1 aliphatic rings. The number of nitrogens with two attached hydrogens (primary N) is 1. The lowest BCUT2D eigenvalue weighted by atomic mass is 10.0. The molecule has 92 valence electrons. The summed E-state index contributed by atoms with van der Waals surface area (Å²) in [4.78, 5) is 17.5. The molecule has 0 radical (unpaired) electrons. The molecule has 0 saturated carbocycles. The summed E-state index contributed by atoms with van der Waals surface area (Å²) in [5.74, 6) is -0.406. The van der Waals surface area contributed by atoms with Crippen molar-refractivity contribution >= 4 is 5.91 Å². The first-order valence-corrected chi connectivity index (χ1v) is 5.65. The molecular formula is C12H17N3O2. The number of primary amides is 1. The first-order chi connectivity index (χ1) is 8.10. The predicted molar refractivity (Wildman–Crippen MR) is 63.1 cm³/mol. The average Bonchev–Trinajstić information content (AvgIpc) is 2.30. The standard InChI is InChI=1S/C12H17N3O2/c1-12(11(13)16)9-15(6-7-17-12)8-10-2-4-14-5-3-10/h2-5H,6-9H2,1H3,(H2,13,16)/t12-/m1/s1. The molecule has 17 heavy (non-hydrogen) atoms. The van der Waals surface area contributed by atoms with Crippen LogP contribution in [0, 0.1) is 0 Å². The molecule has 1 atom stereocenters. The second-order valence-electron chi connectivity index (χ2n) is 4.51. The van der Waals surface area contributed by atoms with Gasteiger partial charge < -0.3 is 10.5 Å². The average molecular weight is 235 g/mol. The van der Waals surface area contributed by atoms with Gasteiger partial charge in [-0.1, -0.05) is 0 Å².